The second kappa shape index (κ2) is 20.3. The van der Waals surface area contributed by atoms with Crippen molar-refractivity contribution >= 4 is 28.8 Å². The van der Waals surface area contributed by atoms with E-state index in [1.165, 1.54) is 12.1 Å². The minimum Gasteiger partial charge on any atom is -0.506 e. The average Bonchev–Trinajstić information content (AvgIpc) is 3.32. The number of H-pyrrole nitrogens is 1. The van der Waals surface area contributed by atoms with E-state index in [-0.39, 0.29) is 47.2 Å². The highest BCUT2D eigenvalue weighted by molar-refractivity contribution is 5.98. The number of hydrogen-bond acceptors (Lipinski definition) is 10. The number of phenolic OH excluding ortho intramolecular Hbond substituents is 1. The summed E-state index contributed by atoms with van der Waals surface area (Å²) in [6, 6.07) is 30.1. The minimum absolute atomic E-state index is 0.0645. The van der Waals surface area contributed by atoms with Gasteiger partial charge in [-0.05, 0) is 129 Å². The zero-order valence-corrected chi connectivity index (χ0v) is 35.3. The summed E-state index contributed by atoms with van der Waals surface area (Å²) in [5, 5.41) is 30.6. The van der Waals surface area contributed by atoms with Crippen molar-refractivity contribution < 1.29 is 34.1 Å². The molecule has 4 aliphatic rings. The molecule has 2 bridgehead atoms. The SMILES string of the molecule is O=C(N[C@@H](c1ccccc1)c1cccc(OCC2CCN(C(=O)c3ccc(C(=O)NCCCNCC(O)c4ccc(O)c5[nH]c(=O)ccc45)cc3)CC2)c1)OC1CN2CCC1CC2. The maximum Gasteiger partial charge on any atom is 0.408 e. The first-order valence-electron chi connectivity index (χ1n) is 22.1. The van der Waals surface area contributed by atoms with Crippen molar-refractivity contribution in [2.75, 3.05) is 59.0 Å². The molecule has 0 aliphatic carbocycles. The van der Waals surface area contributed by atoms with E-state index in [1.807, 2.05) is 59.5 Å². The molecule has 1 aromatic heterocycles. The molecule has 0 spiro atoms. The third-order valence-corrected chi connectivity index (χ3v) is 12.6. The number of benzene rings is 4. The van der Waals surface area contributed by atoms with Crippen LogP contribution in [0.25, 0.3) is 10.9 Å². The van der Waals surface area contributed by atoms with Crippen molar-refractivity contribution in [3.63, 3.8) is 0 Å². The van der Waals surface area contributed by atoms with Gasteiger partial charge in [-0.25, -0.2) is 4.79 Å². The number of hydrogen-bond donors (Lipinski definition) is 6. The van der Waals surface area contributed by atoms with Gasteiger partial charge in [0.2, 0.25) is 5.56 Å². The van der Waals surface area contributed by atoms with E-state index in [1.54, 1.807) is 36.4 Å². The molecule has 63 heavy (non-hydrogen) atoms. The number of ether oxygens (including phenoxy) is 2. The number of likely N-dealkylation sites (tertiary alicyclic amines) is 1. The predicted molar refractivity (Wildman–Crippen MR) is 239 cm³/mol. The second-order valence-electron chi connectivity index (χ2n) is 16.9. The highest BCUT2D eigenvalue weighted by atomic mass is 16.6. The number of amides is 3. The Bertz CT molecular complexity index is 2410. The molecule has 0 saturated carbocycles. The first-order chi connectivity index (χ1) is 30.7. The number of aromatic hydroxyl groups is 1. The molecule has 5 heterocycles. The van der Waals surface area contributed by atoms with Crippen molar-refractivity contribution in [3.8, 4) is 11.5 Å². The van der Waals surface area contributed by atoms with Crippen LogP contribution < -0.4 is 26.2 Å². The topological polar surface area (TPSA) is 186 Å². The fourth-order valence-corrected chi connectivity index (χ4v) is 9.00. The van der Waals surface area contributed by atoms with Crippen LogP contribution in [0, 0.1) is 11.8 Å². The smallest absolute Gasteiger partial charge is 0.408 e. The summed E-state index contributed by atoms with van der Waals surface area (Å²) in [5.74, 6) is 1.05. The highest BCUT2D eigenvalue weighted by Crippen LogP contribution is 2.32. The maximum absolute atomic E-state index is 13.4. The third-order valence-electron chi connectivity index (χ3n) is 12.6. The van der Waals surface area contributed by atoms with Crippen molar-refractivity contribution in [3.05, 3.63) is 141 Å². The van der Waals surface area contributed by atoms with E-state index in [2.05, 4.69) is 25.8 Å². The second-order valence-corrected chi connectivity index (χ2v) is 16.9. The van der Waals surface area contributed by atoms with Crippen LogP contribution in [0.1, 0.15) is 81.7 Å². The molecule has 14 nitrogen and oxygen atoms in total. The molecular formula is C49H56N6O8. The Morgan fingerprint density at radius 2 is 1.56 bits per heavy atom. The number of carbonyl (C=O) groups excluding carboxylic acids is 3. The average molecular weight is 857 g/mol. The van der Waals surface area contributed by atoms with Crippen LogP contribution in [0.5, 0.6) is 11.5 Å². The Labute approximate surface area is 366 Å². The molecule has 4 saturated heterocycles. The lowest BCUT2D eigenvalue weighted by molar-refractivity contribution is -0.0336. The zero-order valence-electron chi connectivity index (χ0n) is 35.3. The van der Waals surface area contributed by atoms with Crippen LogP contribution >= 0.6 is 0 Å². The third kappa shape index (κ3) is 10.9. The van der Waals surface area contributed by atoms with Crippen LogP contribution in [-0.4, -0.2) is 108 Å². The Hall–Kier alpha value is -6.22. The van der Waals surface area contributed by atoms with Gasteiger partial charge in [0.1, 0.15) is 17.6 Å². The highest BCUT2D eigenvalue weighted by Gasteiger charge is 2.37. The summed E-state index contributed by atoms with van der Waals surface area (Å²) in [7, 11) is 0. The number of aromatic amines is 1. The number of alkyl carbamates (subject to hydrolysis) is 1. The van der Waals surface area contributed by atoms with Gasteiger partial charge in [0.15, 0.2) is 0 Å². The van der Waals surface area contributed by atoms with Crippen molar-refractivity contribution in [1.82, 2.24) is 30.7 Å². The Morgan fingerprint density at radius 1 is 0.810 bits per heavy atom. The van der Waals surface area contributed by atoms with Gasteiger partial charge < -0.3 is 45.5 Å². The number of nitrogens with one attached hydrogen (secondary N) is 4. The molecule has 9 rings (SSSR count). The Kier molecular flexibility index (Phi) is 14.0. The maximum atomic E-state index is 13.4. The largest absolute Gasteiger partial charge is 0.506 e. The van der Waals surface area contributed by atoms with E-state index >= 15 is 0 Å². The molecule has 2 unspecified atom stereocenters. The fourth-order valence-electron chi connectivity index (χ4n) is 9.00. The van der Waals surface area contributed by atoms with E-state index in [0.29, 0.717) is 67.2 Å². The number of phenols is 1. The molecule has 4 aromatic carbocycles. The summed E-state index contributed by atoms with van der Waals surface area (Å²) in [4.78, 5) is 58.0. The van der Waals surface area contributed by atoms with Crippen LogP contribution in [0.15, 0.2) is 108 Å². The summed E-state index contributed by atoms with van der Waals surface area (Å²) >= 11 is 0. The van der Waals surface area contributed by atoms with Crippen LogP contribution in [0.3, 0.4) is 0 Å². The van der Waals surface area contributed by atoms with Gasteiger partial charge in [-0.15, -0.1) is 0 Å². The van der Waals surface area contributed by atoms with E-state index < -0.39 is 18.2 Å². The van der Waals surface area contributed by atoms with Gasteiger partial charge in [0.25, 0.3) is 11.8 Å². The van der Waals surface area contributed by atoms with Gasteiger partial charge in [-0.3, -0.25) is 19.3 Å². The number of carbonyl (C=O) groups is 3. The van der Waals surface area contributed by atoms with Crippen molar-refractivity contribution in [2.24, 2.45) is 11.8 Å². The van der Waals surface area contributed by atoms with Gasteiger partial charge in [-0.2, -0.15) is 0 Å². The molecular weight excluding hydrogens is 801 g/mol. The summed E-state index contributed by atoms with van der Waals surface area (Å²) in [6.45, 7) is 5.88. The number of piperidine rings is 4. The lowest BCUT2D eigenvalue weighted by atomic mass is 9.86. The number of aliphatic hydroxyl groups is 1. The number of rotatable bonds is 16. The molecule has 14 heteroatoms. The first kappa shape index (κ1) is 43.4. The van der Waals surface area contributed by atoms with Crippen molar-refractivity contribution in [1.29, 1.82) is 0 Å². The normalized spacial score (nSPS) is 19.6. The molecule has 4 fully saturated rings. The van der Waals surface area contributed by atoms with E-state index in [4.69, 9.17) is 9.47 Å². The van der Waals surface area contributed by atoms with Gasteiger partial charge in [0.05, 0.1) is 24.3 Å². The first-order valence-corrected chi connectivity index (χ1v) is 22.1. The molecule has 3 amide bonds. The molecule has 0 radical (unpaired) electrons. The van der Waals surface area contributed by atoms with Crippen LogP contribution in [0.2, 0.25) is 0 Å². The lowest BCUT2D eigenvalue weighted by Gasteiger charge is -2.43. The molecule has 330 valence electrons. The van der Waals surface area contributed by atoms with Gasteiger partial charge >= 0.3 is 6.09 Å². The monoisotopic (exact) mass is 856 g/mol. The summed E-state index contributed by atoms with van der Waals surface area (Å²) < 4.78 is 12.3. The fraction of sp³-hybridized carbons (Fsp3) is 0.388. The molecule has 3 atom stereocenters. The number of aliphatic hydroxyl groups excluding tert-OH is 1. The number of aromatic nitrogens is 1. The Morgan fingerprint density at radius 3 is 2.30 bits per heavy atom. The number of nitrogens with zero attached hydrogens (tertiary/aromatic N) is 2. The molecule has 4 aliphatic heterocycles. The quantitative estimate of drug-likeness (QED) is 0.0691. The standard InChI is InChI=1S/C49H56N6O8/c56-41-16-14-39(40-15-17-44(58)52-46(40)41)42(57)29-50-22-5-23-51-47(59)35-10-12-36(13-11-35)48(60)55-26-18-32(19-27-55)31-62-38-9-4-8-37(28-38)45(34-6-2-1-3-7-34)53-49(61)63-43-30-54-24-20-33(43)21-25-54/h1-4,6-17,28,32-33,42-43,45,50,56-57H,5,18-27,29-31H2,(H,51,59)(H,52,58)(H,53,61)/t42?,43?,45-/m0/s1. The molecule has 5 aromatic rings. The van der Waals surface area contributed by atoms with Crippen molar-refractivity contribution in [2.45, 2.75) is 50.4 Å². The minimum atomic E-state index is -0.868. The van der Waals surface area contributed by atoms with E-state index in [0.717, 1.165) is 62.2 Å². The molecule has 6 N–H and O–H groups in total. The summed E-state index contributed by atoms with van der Waals surface area (Å²) in [5.41, 5.74) is 3.37. The van der Waals surface area contributed by atoms with Gasteiger partial charge in [0, 0.05) is 55.3 Å². The Balaban J connectivity index is 0.752. The predicted octanol–water partition coefficient (Wildman–Crippen LogP) is 5.52. The zero-order chi connectivity index (χ0) is 43.7. The van der Waals surface area contributed by atoms with E-state index in [9.17, 15) is 29.4 Å². The number of pyridine rings is 1. The van der Waals surface area contributed by atoms with Crippen LogP contribution in [0.4, 0.5) is 4.79 Å². The number of fused-ring (bicyclic) bond motifs is 4. The van der Waals surface area contributed by atoms with Crippen LogP contribution in [-0.2, 0) is 4.74 Å². The van der Waals surface area contributed by atoms with Gasteiger partial charge in [-0.1, -0.05) is 48.5 Å². The summed E-state index contributed by atoms with van der Waals surface area (Å²) in [6.07, 6.45) is 3.00. The lowest BCUT2D eigenvalue weighted by Crippen LogP contribution is -2.52.